The van der Waals surface area contributed by atoms with Gasteiger partial charge in [-0.15, -0.1) is 0 Å². The fourth-order valence-electron chi connectivity index (χ4n) is 2.08. The second-order valence-electron chi connectivity index (χ2n) is 6.32. The van der Waals surface area contributed by atoms with E-state index >= 15 is 0 Å². The van der Waals surface area contributed by atoms with Gasteiger partial charge in [-0.05, 0) is 37.8 Å². The van der Waals surface area contributed by atoms with Gasteiger partial charge in [-0.2, -0.15) is 4.89 Å². The van der Waals surface area contributed by atoms with Crippen molar-refractivity contribution in [3.8, 4) is 0 Å². The molecular formula is C15H22O3. The molecule has 3 heteroatoms. The van der Waals surface area contributed by atoms with E-state index < -0.39 is 11.6 Å². The van der Waals surface area contributed by atoms with Crippen LogP contribution < -0.4 is 0 Å². The van der Waals surface area contributed by atoms with Crippen LogP contribution >= 0.6 is 0 Å². The van der Waals surface area contributed by atoms with E-state index in [0.29, 0.717) is 5.56 Å². The smallest absolute Gasteiger partial charge is 0.292 e. The van der Waals surface area contributed by atoms with Crippen LogP contribution in [-0.4, -0.2) is 11.6 Å². The number of benzene rings is 1. The second-order valence-corrected chi connectivity index (χ2v) is 6.32. The average Bonchev–Trinajstić information content (AvgIpc) is 2.24. The minimum absolute atomic E-state index is 0.114. The number of hydrogen-bond acceptors (Lipinski definition) is 3. The fraction of sp³-hybridized carbons (Fsp3) is 0.533. The lowest BCUT2D eigenvalue weighted by atomic mass is 9.84. The van der Waals surface area contributed by atoms with Gasteiger partial charge < -0.3 is 0 Å². The van der Waals surface area contributed by atoms with Gasteiger partial charge in [0.15, 0.2) is 0 Å². The van der Waals surface area contributed by atoms with Gasteiger partial charge in [0.2, 0.25) is 0 Å². The molecule has 0 unspecified atom stereocenters. The maximum Gasteiger partial charge on any atom is 0.373 e. The van der Waals surface area contributed by atoms with Crippen LogP contribution in [0.1, 0.15) is 51.4 Å². The molecule has 1 aromatic rings. The molecule has 0 spiro atoms. The minimum Gasteiger partial charge on any atom is -0.292 e. The summed E-state index contributed by atoms with van der Waals surface area (Å²) in [4.78, 5) is 21.9. The van der Waals surface area contributed by atoms with E-state index in [1.54, 1.807) is 24.3 Å². The van der Waals surface area contributed by atoms with Gasteiger partial charge >= 0.3 is 5.97 Å². The van der Waals surface area contributed by atoms with Crippen molar-refractivity contribution in [2.75, 3.05) is 0 Å². The molecule has 0 saturated carbocycles. The third kappa shape index (κ3) is 5.32. The number of rotatable bonds is 4. The molecule has 0 aliphatic rings. The monoisotopic (exact) mass is 250 g/mol. The quantitative estimate of drug-likeness (QED) is 0.598. The van der Waals surface area contributed by atoms with E-state index in [2.05, 4.69) is 20.8 Å². The van der Waals surface area contributed by atoms with E-state index in [-0.39, 0.29) is 5.41 Å². The molecule has 1 aromatic carbocycles. The van der Waals surface area contributed by atoms with E-state index in [4.69, 9.17) is 9.78 Å². The Balaban J connectivity index is 2.53. The molecule has 0 heterocycles. The Morgan fingerprint density at radius 2 is 1.61 bits per heavy atom. The van der Waals surface area contributed by atoms with Gasteiger partial charge in [0.1, 0.15) is 5.60 Å². The van der Waals surface area contributed by atoms with Gasteiger partial charge in [0.25, 0.3) is 0 Å². The van der Waals surface area contributed by atoms with Crippen LogP contribution in [0.3, 0.4) is 0 Å². The summed E-state index contributed by atoms with van der Waals surface area (Å²) in [6.45, 7) is 10.2. The molecule has 0 radical (unpaired) electrons. The van der Waals surface area contributed by atoms with Crippen molar-refractivity contribution in [3.63, 3.8) is 0 Å². The molecule has 0 atom stereocenters. The maximum absolute atomic E-state index is 11.7. The van der Waals surface area contributed by atoms with Crippen molar-refractivity contribution in [2.24, 2.45) is 5.41 Å². The zero-order chi connectivity index (χ0) is 13.8. The topological polar surface area (TPSA) is 35.5 Å². The summed E-state index contributed by atoms with van der Waals surface area (Å²) in [5.74, 6) is -0.461. The molecule has 100 valence electrons. The Labute approximate surface area is 109 Å². The predicted octanol–water partition coefficient (Wildman–Crippen LogP) is 3.99. The summed E-state index contributed by atoms with van der Waals surface area (Å²) in [6.07, 6.45) is 0.794. The van der Waals surface area contributed by atoms with E-state index in [9.17, 15) is 4.79 Å². The first kappa shape index (κ1) is 14.7. The van der Waals surface area contributed by atoms with Crippen molar-refractivity contribution >= 4 is 5.97 Å². The first-order valence-electron chi connectivity index (χ1n) is 6.15. The third-order valence-corrected chi connectivity index (χ3v) is 2.31. The van der Waals surface area contributed by atoms with Crippen molar-refractivity contribution in [3.05, 3.63) is 35.9 Å². The van der Waals surface area contributed by atoms with Gasteiger partial charge in [-0.25, -0.2) is 4.79 Å². The summed E-state index contributed by atoms with van der Waals surface area (Å²) in [7, 11) is 0. The average molecular weight is 250 g/mol. The van der Waals surface area contributed by atoms with Crippen LogP contribution in [0.25, 0.3) is 0 Å². The second kappa shape index (κ2) is 5.53. The van der Waals surface area contributed by atoms with Gasteiger partial charge in [0, 0.05) is 0 Å². The zero-order valence-electron chi connectivity index (χ0n) is 11.8. The van der Waals surface area contributed by atoms with E-state index in [1.165, 1.54) is 0 Å². The maximum atomic E-state index is 11.7. The zero-order valence-corrected chi connectivity index (χ0v) is 11.8. The Hall–Kier alpha value is -1.35. The normalized spacial score (nSPS) is 12.3. The Bertz CT molecular complexity index is 388. The number of carbonyl (C=O) groups is 1. The number of carbonyl (C=O) groups excluding carboxylic acids is 1. The molecular weight excluding hydrogens is 228 g/mol. The SMILES string of the molecule is CC(C)(C)CC(C)(C)OOC(=O)c1ccccc1. The minimum atomic E-state index is -0.497. The molecule has 0 amide bonds. The van der Waals surface area contributed by atoms with Gasteiger partial charge in [-0.3, -0.25) is 4.89 Å². The van der Waals surface area contributed by atoms with Crippen LogP contribution in [0.2, 0.25) is 0 Å². The van der Waals surface area contributed by atoms with Gasteiger partial charge in [-0.1, -0.05) is 39.0 Å². The summed E-state index contributed by atoms with van der Waals surface area (Å²) in [5, 5.41) is 0. The Morgan fingerprint density at radius 1 is 1.06 bits per heavy atom. The van der Waals surface area contributed by atoms with Crippen molar-refractivity contribution < 1.29 is 14.6 Å². The van der Waals surface area contributed by atoms with Crippen molar-refractivity contribution in [1.82, 2.24) is 0 Å². The standard InChI is InChI=1S/C15H22O3/c1-14(2,3)11-15(4,5)18-17-13(16)12-9-7-6-8-10-12/h6-10H,11H2,1-5H3. The highest BCUT2D eigenvalue weighted by Crippen LogP contribution is 2.29. The summed E-state index contributed by atoms with van der Waals surface area (Å²) < 4.78 is 0. The molecule has 0 aromatic heterocycles. The third-order valence-electron chi connectivity index (χ3n) is 2.31. The molecule has 0 fully saturated rings. The van der Waals surface area contributed by atoms with E-state index in [0.717, 1.165) is 6.42 Å². The van der Waals surface area contributed by atoms with Crippen molar-refractivity contribution in [2.45, 2.75) is 46.6 Å². The largest absolute Gasteiger partial charge is 0.373 e. The lowest BCUT2D eigenvalue weighted by molar-refractivity contribution is -0.312. The van der Waals surface area contributed by atoms with Crippen LogP contribution in [0.15, 0.2) is 30.3 Å². The van der Waals surface area contributed by atoms with Crippen LogP contribution in [0.4, 0.5) is 0 Å². The lowest BCUT2D eigenvalue weighted by Crippen LogP contribution is -2.31. The number of hydrogen-bond donors (Lipinski definition) is 0. The first-order chi connectivity index (χ1) is 8.20. The highest BCUT2D eigenvalue weighted by molar-refractivity contribution is 5.88. The highest BCUT2D eigenvalue weighted by Gasteiger charge is 2.29. The molecule has 0 saturated heterocycles. The fourth-order valence-corrected chi connectivity index (χ4v) is 2.08. The van der Waals surface area contributed by atoms with Crippen LogP contribution in [0.5, 0.6) is 0 Å². The molecule has 0 N–H and O–H groups in total. The summed E-state index contributed by atoms with van der Waals surface area (Å²) >= 11 is 0. The molecule has 0 aliphatic carbocycles. The highest BCUT2D eigenvalue weighted by atomic mass is 17.2. The van der Waals surface area contributed by atoms with Crippen LogP contribution in [0, 0.1) is 5.41 Å². The Kier molecular flexibility index (Phi) is 4.52. The van der Waals surface area contributed by atoms with E-state index in [1.807, 2.05) is 19.9 Å². The lowest BCUT2D eigenvalue weighted by Gasteiger charge is -2.30. The van der Waals surface area contributed by atoms with Crippen molar-refractivity contribution in [1.29, 1.82) is 0 Å². The molecule has 3 nitrogen and oxygen atoms in total. The molecule has 1 rings (SSSR count). The summed E-state index contributed by atoms with van der Waals surface area (Å²) in [5.41, 5.74) is 0.106. The van der Waals surface area contributed by atoms with Gasteiger partial charge in [0.05, 0.1) is 5.56 Å². The first-order valence-corrected chi connectivity index (χ1v) is 6.15. The molecule has 18 heavy (non-hydrogen) atoms. The molecule has 0 bridgehead atoms. The Morgan fingerprint density at radius 3 is 2.11 bits per heavy atom. The predicted molar refractivity (Wildman–Crippen MR) is 71.1 cm³/mol. The summed E-state index contributed by atoms with van der Waals surface area (Å²) in [6, 6.07) is 8.82. The molecule has 0 aliphatic heterocycles. The van der Waals surface area contributed by atoms with Crippen LogP contribution in [-0.2, 0) is 9.78 Å².